The number of hydrogen-bond donors (Lipinski definition) is 1. The number of aliphatic carboxylic acids is 1. The van der Waals surface area contributed by atoms with Crippen LogP contribution in [0.15, 0.2) is 48.5 Å². The highest BCUT2D eigenvalue weighted by atomic mass is 16.5. The first-order chi connectivity index (χ1) is 11.5. The first kappa shape index (κ1) is 17.5. The summed E-state index contributed by atoms with van der Waals surface area (Å²) in [5, 5.41) is 8.70. The lowest BCUT2D eigenvalue weighted by Gasteiger charge is -2.16. The molecule has 0 saturated heterocycles. The molecular formula is C19H21NO4. The fraction of sp³-hybridized carbons (Fsp3) is 0.263. The maximum Gasteiger partial charge on any atom is 0.305 e. The number of carboxylic acids is 1. The van der Waals surface area contributed by atoms with Gasteiger partial charge in [0.25, 0.3) is 5.91 Å². The zero-order valence-electron chi connectivity index (χ0n) is 13.9. The van der Waals surface area contributed by atoms with Crippen LogP contribution in [0, 0.1) is 6.92 Å². The van der Waals surface area contributed by atoms with Crippen molar-refractivity contribution in [2.24, 2.45) is 0 Å². The van der Waals surface area contributed by atoms with E-state index >= 15 is 0 Å². The second kappa shape index (κ2) is 8.15. The van der Waals surface area contributed by atoms with E-state index in [1.54, 1.807) is 31.3 Å². The fourth-order valence-electron chi connectivity index (χ4n) is 2.27. The Balaban J connectivity index is 2.00. The van der Waals surface area contributed by atoms with Crippen LogP contribution in [0.5, 0.6) is 5.75 Å². The van der Waals surface area contributed by atoms with Crippen molar-refractivity contribution in [1.82, 2.24) is 4.90 Å². The molecule has 0 atom stereocenters. The Hall–Kier alpha value is -2.82. The van der Waals surface area contributed by atoms with Crippen LogP contribution < -0.4 is 4.74 Å². The Labute approximate surface area is 141 Å². The van der Waals surface area contributed by atoms with Gasteiger partial charge in [-0.2, -0.15) is 0 Å². The summed E-state index contributed by atoms with van der Waals surface area (Å²) in [6.07, 6.45) is -0.0776. The van der Waals surface area contributed by atoms with Gasteiger partial charge in [0.2, 0.25) is 0 Å². The Bertz CT molecular complexity index is 727. The molecule has 0 saturated carbocycles. The predicted molar refractivity (Wildman–Crippen MR) is 91.2 cm³/mol. The maximum atomic E-state index is 12.3. The first-order valence-electron chi connectivity index (χ1n) is 7.71. The average molecular weight is 327 g/mol. The Morgan fingerprint density at radius 1 is 1.12 bits per heavy atom. The number of carbonyl (C=O) groups is 2. The molecule has 1 N–H and O–H groups in total. The Morgan fingerprint density at radius 2 is 1.88 bits per heavy atom. The van der Waals surface area contributed by atoms with E-state index in [0.29, 0.717) is 17.9 Å². The molecule has 24 heavy (non-hydrogen) atoms. The molecule has 0 unspecified atom stereocenters. The quantitative estimate of drug-likeness (QED) is 0.848. The van der Waals surface area contributed by atoms with Gasteiger partial charge in [-0.15, -0.1) is 0 Å². The van der Waals surface area contributed by atoms with Crippen LogP contribution in [-0.2, 0) is 11.4 Å². The fourth-order valence-corrected chi connectivity index (χ4v) is 2.27. The zero-order chi connectivity index (χ0) is 17.5. The number of rotatable bonds is 7. The summed E-state index contributed by atoms with van der Waals surface area (Å²) in [6, 6.07) is 15.0. The van der Waals surface area contributed by atoms with E-state index in [-0.39, 0.29) is 18.9 Å². The van der Waals surface area contributed by atoms with Crippen molar-refractivity contribution in [2.75, 3.05) is 13.6 Å². The summed E-state index contributed by atoms with van der Waals surface area (Å²) >= 11 is 0. The standard InChI is InChI=1S/C19H21NO4/c1-14-5-3-6-15(11-14)13-24-17-8-4-7-16(12-17)19(23)20(2)10-9-18(21)22/h3-8,11-12H,9-10,13H2,1-2H3,(H,21,22). The lowest BCUT2D eigenvalue weighted by atomic mass is 10.1. The summed E-state index contributed by atoms with van der Waals surface area (Å²) in [5.41, 5.74) is 2.70. The monoisotopic (exact) mass is 327 g/mol. The predicted octanol–water partition coefficient (Wildman–Crippen LogP) is 3.12. The van der Waals surface area contributed by atoms with Crippen molar-refractivity contribution in [2.45, 2.75) is 20.0 Å². The molecule has 0 radical (unpaired) electrons. The molecule has 126 valence electrons. The molecule has 0 aliphatic heterocycles. The van der Waals surface area contributed by atoms with Crippen LogP contribution in [0.4, 0.5) is 0 Å². The third-order valence-electron chi connectivity index (χ3n) is 3.58. The van der Waals surface area contributed by atoms with Crippen LogP contribution in [0.1, 0.15) is 27.9 Å². The number of ether oxygens (including phenoxy) is 1. The summed E-state index contributed by atoms with van der Waals surface area (Å²) in [4.78, 5) is 24.3. The number of carbonyl (C=O) groups excluding carboxylic acids is 1. The molecule has 0 aliphatic carbocycles. The van der Waals surface area contributed by atoms with E-state index in [1.807, 2.05) is 25.1 Å². The minimum Gasteiger partial charge on any atom is -0.489 e. The Morgan fingerprint density at radius 3 is 2.58 bits per heavy atom. The van der Waals surface area contributed by atoms with Crippen LogP contribution >= 0.6 is 0 Å². The van der Waals surface area contributed by atoms with Crippen LogP contribution in [0.2, 0.25) is 0 Å². The minimum absolute atomic E-state index is 0.0776. The molecule has 0 heterocycles. The summed E-state index contributed by atoms with van der Waals surface area (Å²) < 4.78 is 5.75. The molecule has 5 nitrogen and oxygen atoms in total. The number of benzene rings is 2. The lowest BCUT2D eigenvalue weighted by molar-refractivity contribution is -0.137. The van der Waals surface area contributed by atoms with Crippen molar-refractivity contribution < 1.29 is 19.4 Å². The summed E-state index contributed by atoms with van der Waals surface area (Å²) in [7, 11) is 1.59. The third-order valence-corrected chi connectivity index (χ3v) is 3.58. The van der Waals surface area contributed by atoms with Gasteiger partial charge in [-0.3, -0.25) is 9.59 Å². The van der Waals surface area contributed by atoms with E-state index in [1.165, 1.54) is 10.5 Å². The highest BCUT2D eigenvalue weighted by Gasteiger charge is 2.13. The van der Waals surface area contributed by atoms with Crippen molar-refractivity contribution in [3.63, 3.8) is 0 Å². The van der Waals surface area contributed by atoms with Crippen molar-refractivity contribution in [1.29, 1.82) is 0 Å². The van der Waals surface area contributed by atoms with Gasteiger partial charge in [-0.05, 0) is 30.7 Å². The second-order valence-corrected chi connectivity index (χ2v) is 5.68. The van der Waals surface area contributed by atoms with Gasteiger partial charge in [-0.25, -0.2) is 0 Å². The molecule has 0 bridgehead atoms. The number of carboxylic acid groups (broad SMARTS) is 1. The average Bonchev–Trinajstić information content (AvgIpc) is 2.57. The molecule has 0 fully saturated rings. The minimum atomic E-state index is -0.926. The van der Waals surface area contributed by atoms with Crippen LogP contribution in [0.25, 0.3) is 0 Å². The number of amides is 1. The maximum absolute atomic E-state index is 12.3. The molecule has 5 heteroatoms. The van der Waals surface area contributed by atoms with E-state index in [4.69, 9.17) is 9.84 Å². The first-order valence-corrected chi connectivity index (χ1v) is 7.71. The van der Waals surface area contributed by atoms with Gasteiger partial charge in [0.15, 0.2) is 0 Å². The van der Waals surface area contributed by atoms with Crippen LogP contribution in [0.3, 0.4) is 0 Å². The van der Waals surface area contributed by atoms with Gasteiger partial charge in [-0.1, -0.05) is 35.9 Å². The lowest BCUT2D eigenvalue weighted by Crippen LogP contribution is -2.29. The van der Waals surface area contributed by atoms with Gasteiger partial charge in [0.05, 0.1) is 6.42 Å². The largest absolute Gasteiger partial charge is 0.489 e. The van der Waals surface area contributed by atoms with Gasteiger partial charge in [0, 0.05) is 19.2 Å². The number of aryl methyl sites for hydroxylation is 1. The van der Waals surface area contributed by atoms with Crippen molar-refractivity contribution >= 4 is 11.9 Å². The van der Waals surface area contributed by atoms with E-state index < -0.39 is 5.97 Å². The molecule has 0 spiro atoms. The van der Waals surface area contributed by atoms with Crippen molar-refractivity contribution in [3.8, 4) is 5.75 Å². The highest BCUT2D eigenvalue weighted by Crippen LogP contribution is 2.17. The molecule has 1 amide bonds. The topological polar surface area (TPSA) is 66.8 Å². The van der Waals surface area contributed by atoms with Crippen molar-refractivity contribution in [3.05, 3.63) is 65.2 Å². The number of hydrogen-bond acceptors (Lipinski definition) is 3. The van der Waals surface area contributed by atoms with E-state index in [2.05, 4.69) is 6.07 Å². The normalized spacial score (nSPS) is 10.2. The van der Waals surface area contributed by atoms with Gasteiger partial charge < -0.3 is 14.7 Å². The molecule has 0 aliphatic rings. The highest BCUT2D eigenvalue weighted by molar-refractivity contribution is 5.94. The molecule has 2 aromatic rings. The molecule has 0 aromatic heterocycles. The molecular weight excluding hydrogens is 306 g/mol. The molecule has 2 rings (SSSR count). The molecule has 2 aromatic carbocycles. The number of nitrogens with zero attached hydrogens (tertiary/aromatic N) is 1. The SMILES string of the molecule is Cc1cccc(COc2cccc(C(=O)N(C)CCC(=O)O)c2)c1. The Kier molecular flexibility index (Phi) is 5.95. The van der Waals surface area contributed by atoms with E-state index in [9.17, 15) is 9.59 Å². The zero-order valence-corrected chi connectivity index (χ0v) is 13.9. The van der Waals surface area contributed by atoms with Gasteiger partial charge >= 0.3 is 5.97 Å². The third kappa shape index (κ3) is 5.12. The van der Waals surface area contributed by atoms with Crippen LogP contribution in [-0.4, -0.2) is 35.5 Å². The van der Waals surface area contributed by atoms with E-state index in [0.717, 1.165) is 5.56 Å². The summed E-state index contributed by atoms with van der Waals surface area (Å²) in [6.45, 7) is 2.62. The smallest absolute Gasteiger partial charge is 0.305 e. The van der Waals surface area contributed by atoms with Gasteiger partial charge in [0.1, 0.15) is 12.4 Å². The summed E-state index contributed by atoms with van der Waals surface area (Å²) in [5.74, 6) is -0.545. The second-order valence-electron chi connectivity index (χ2n) is 5.68.